The predicted octanol–water partition coefficient (Wildman–Crippen LogP) is 0.871. The van der Waals surface area contributed by atoms with Gasteiger partial charge in [0.15, 0.2) is 0 Å². The van der Waals surface area contributed by atoms with Crippen molar-refractivity contribution in [3.63, 3.8) is 0 Å². The third kappa shape index (κ3) is 8.35. The number of aliphatic hydroxyl groups excluding tert-OH is 1. The van der Waals surface area contributed by atoms with E-state index in [0.29, 0.717) is 6.42 Å². The normalized spacial score (nSPS) is 22.3. The Labute approximate surface area is 289 Å². The van der Waals surface area contributed by atoms with E-state index in [4.69, 9.17) is 0 Å². The number of para-hydroxylation sites is 1. The lowest BCUT2D eigenvalue weighted by molar-refractivity contribution is -0.142. The maximum atomic E-state index is 14.3. The molecule has 2 aromatic carbocycles. The number of H-pyrrole nitrogens is 1. The van der Waals surface area contributed by atoms with E-state index in [1.165, 1.54) is 9.80 Å². The molecule has 0 unspecified atom stereocenters. The molecule has 4 heterocycles. The lowest BCUT2D eigenvalue weighted by atomic mass is 10.0. The fourth-order valence-corrected chi connectivity index (χ4v) is 6.64. The lowest BCUT2D eigenvalue weighted by Crippen LogP contribution is -2.57. The van der Waals surface area contributed by atoms with Crippen LogP contribution >= 0.6 is 0 Å². The number of amides is 5. The summed E-state index contributed by atoms with van der Waals surface area (Å²) in [5, 5.41) is 20.0. The van der Waals surface area contributed by atoms with E-state index >= 15 is 0 Å². The monoisotopic (exact) mass is 679 g/mol. The third-order valence-electron chi connectivity index (χ3n) is 9.20. The van der Waals surface area contributed by atoms with Gasteiger partial charge in [0.2, 0.25) is 29.5 Å². The molecular weight excluding hydrogens is 638 g/mol. The van der Waals surface area contributed by atoms with Crippen molar-refractivity contribution in [1.82, 2.24) is 35.7 Å². The number of hydrogen-bond donors (Lipinski definition) is 5. The first-order chi connectivity index (χ1) is 24.2. The van der Waals surface area contributed by atoms with Gasteiger partial charge in [-0.1, -0.05) is 54.6 Å². The van der Waals surface area contributed by atoms with Crippen molar-refractivity contribution in [2.45, 2.75) is 56.3 Å². The lowest BCUT2D eigenvalue weighted by Gasteiger charge is -2.30. The molecule has 0 radical (unpaired) electrons. The second kappa shape index (κ2) is 15.8. The maximum Gasteiger partial charge on any atom is 0.246 e. The highest BCUT2D eigenvalue weighted by molar-refractivity contribution is 5.96. The summed E-state index contributed by atoms with van der Waals surface area (Å²) < 4.78 is 0. The van der Waals surface area contributed by atoms with Crippen molar-refractivity contribution in [3.8, 4) is 0 Å². The molecule has 0 aliphatic carbocycles. The van der Waals surface area contributed by atoms with Crippen LogP contribution in [-0.4, -0.2) is 105 Å². The summed E-state index contributed by atoms with van der Waals surface area (Å²) in [6, 6.07) is 19.0. The average Bonchev–Trinajstić information content (AvgIpc) is 3.73. The highest BCUT2D eigenvalue weighted by Gasteiger charge is 2.43. The average molecular weight is 680 g/mol. The Balaban J connectivity index is 1.30. The molecule has 2 fully saturated rings. The van der Waals surface area contributed by atoms with Crippen LogP contribution in [-0.2, 0) is 43.2 Å². The van der Waals surface area contributed by atoms with Gasteiger partial charge in [-0.3, -0.25) is 29.0 Å². The molecule has 260 valence electrons. The Hall–Kier alpha value is -5.56. The summed E-state index contributed by atoms with van der Waals surface area (Å²) in [6.45, 7) is -0.432. The van der Waals surface area contributed by atoms with Crippen LogP contribution in [0.2, 0.25) is 0 Å². The Morgan fingerprint density at radius 3 is 2.46 bits per heavy atom. The summed E-state index contributed by atoms with van der Waals surface area (Å²) >= 11 is 0. The number of aliphatic hydroxyl groups is 1. The number of fused-ring (bicyclic) bond motifs is 2. The molecule has 50 heavy (non-hydrogen) atoms. The fourth-order valence-electron chi connectivity index (χ4n) is 6.64. The van der Waals surface area contributed by atoms with Crippen molar-refractivity contribution in [1.29, 1.82) is 0 Å². The number of carbonyl (C=O) groups is 5. The molecule has 0 saturated carbocycles. The number of aromatic nitrogens is 2. The molecule has 4 atom stereocenters. The fraction of sp³-hybridized carbons (Fsp3) is 0.351. The molecule has 5 amide bonds. The van der Waals surface area contributed by atoms with Crippen molar-refractivity contribution in [3.05, 3.63) is 102 Å². The molecule has 2 aliphatic rings. The standard InChI is InChI=1S/C37H41N7O6/c45-27-20-32-36(49)42-30(18-24-8-2-1-3-9-24)35(48)39-16-17-43(34(47)14-13-26-10-6-7-15-38-26)23-33(46)41-31(37(50)44(32)22-27)19-25-21-40-29-12-5-4-11-28(25)29/h1-12,15,21,27,30-32,40,45H,13-14,16-20,22-23H2,(H,39,48)(H,41,46)(H,42,49)/t27-,30+,31-,32+/m1/s1. The van der Waals surface area contributed by atoms with E-state index in [2.05, 4.69) is 25.9 Å². The van der Waals surface area contributed by atoms with E-state index < -0.39 is 47.9 Å². The van der Waals surface area contributed by atoms with E-state index in [9.17, 15) is 29.1 Å². The number of aromatic amines is 1. The van der Waals surface area contributed by atoms with Gasteiger partial charge >= 0.3 is 0 Å². The van der Waals surface area contributed by atoms with Gasteiger partial charge in [-0.2, -0.15) is 0 Å². The van der Waals surface area contributed by atoms with Crippen LogP contribution in [0.4, 0.5) is 0 Å². The summed E-state index contributed by atoms with van der Waals surface area (Å²) in [5.41, 5.74) is 3.17. The van der Waals surface area contributed by atoms with Crippen molar-refractivity contribution in [2.75, 3.05) is 26.2 Å². The molecule has 2 saturated heterocycles. The Kier molecular flexibility index (Phi) is 10.8. The number of nitrogens with zero attached hydrogens (tertiary/aromatic N) is 3. The molecule has 13 nitrogen and oxygen atoms in total. The van der Waals surface area contributed by atoms with E-state index in [1.807, 2.05) is 66.7 Å². The van der Waals surface area contributed by atoms with Gasteiger partial charge in [0.05, 0.1) is 12.6 Å². The molecule has 13 heteroatoms. The molecule has 2 aromatic heterocycles. The van der Waals surface area contributed by atoms with Crippen molar-refractivity contribution >= 4 is 40.4 Å². The minimum atomic E-state index is -1.11. The first-order valence-electron chi connectivity index (χ1n) is 16.9. The predicted molar refractivity (Wildman–Crippen MR) is 184 cm³/mol. The molecular formula is C37H41N7O6. The molecule has 6 rings (SSSR count). The van der Waals surface area contributed by atoms with Crippen LogP contribution in [0.25, 0.3) is 10.9 Å². The van der Waals surface area contributed by atoms with E-state index in [1.54, 1.807) is 18.5 Å². The van der Waals surface area contributed by atoms with Gasteiger partial charge in [-0.25, -0.2) is 0 Å². The van der Waals surface area contributed by atoms with Crippen LogP contribution in [0.3, 0.4) is 0 Å². The highest BCUT2D eigenvalue weighted by Crippen LogP contribution is 2.24. The van der Waals surface area contributed by atoms with Gasteiger partial charge in [-0.05, 0) is 35.7 Å². The van der Waals surface area contributed by atoms with Crippen LogP contribution < -0.4 is 16.0 Å². The second-order valence-corrected chi connectivity index (χ2v) is 12.8. The largest absolute Gasteiger partial charge is 0.391 e. The minimum Gasteiger partial charge on any atom is -0.391 e. The minimum absolute atomic E-state index is 0.0220. The molecule has 4 aromatic rings. The Bertz CT molecular complexity index is 1830. The zero-order valence-electron chi connectivity index (χ0n) is 27.6. The van der Waals surface area contributed by atoms with Crippen LogP contribution in [0.15, 0.2) is 85.2 Å². The second-order valence-electron chi connectivity index (χ2n) is 12.8. The third-order valence-corrected chi connectivity index (χ3v) is 9.20. The van der Waals surface area contributed by atoms with Crippen LogP contribution in [0.1, 0.15) is 29.7 Å². The summed E-state index contributed by atoms with van der Waals surface area (Å²) in [4.78, 5) is 79.0. The number of hydrogen-bond acceptors (Lipinski definition) is 7. The first-order valence-corrected chi connectivity index (χ1v) is 16.9. The number of nitrogens with one attached hydrogen (secondary N) is 4. The van der Waals surface area contributed by atoms with Crippen molar-refractivity contribution < 1.29 is 29.1 Å². The molecule has 5 N–H and O–H groups in total. The van der Waals surface area contributed by atoms with Gasteiger partial charge in [0, 0.05) is 74.3 Å². The van der Waals surface area contributed by atoms with Crippen molar-refractivity contribution in [2.24, 2.45) is 0 Å². The molecule has 0 bridgehead atoms. The topological polar surface area (TPSA) is 177 Å². The Morgan fingerprint density at radius 1 is 0.880 bits per heavy atom. The number of aryl methyl sites for hydroxylation is 1. The Morgan fingerprint density at radius 2 is 1.66 bits per heavy atom. The van der Waals surface area contributed by atoms with Gasteiger partial charge in [-0.15, -0.1) is 0 Å². The summed E-state index contributed by atoms with van der Waals surface area (Å²) in [6.07, 6.45) is 3.13. The molecule has 2 aliphatic heterocycles. The number of rotatable bonds is 7. The van der Waals surface area contributed by atoms with E-state index in [-0.39, 0.29) is 57.8 Å². The van der Waals surface area contributed by atoms with Crippen LogP contribution in [0, 0.1) is 0 Å². The summed E-state index contributed by atoms with van der Waals surface area (Å²) in [5.74, 6) is -2.49. The highest BCUT2D eigenvalue weighted by atomic mass is 16.3. The van der Waals surface area contributed by atoms with Gasteiger partial charge < -0.3 is 35.8 Å². The quantitative estimate of drug-likeness (QED) is 0.193. The van der Waals surface area contributed by atoms with Gasteiger partial charge in [0.25, 0.3) is 0 Å². The summed E-state index contributed by atoms with van der Waals surface area (Å²) in [7, 11) is 0. The van der Waals surface area contributed by atoms with E-state index in [0.717, 1.165) is 27.7 Å². The zero-order chi connectivity index (χ0) is 35.0. The first kappa shape index (κ1) is 34.3. The number of pyridine rings is 1. The van der Waals surface area contributed by atoms with Gasteiger partial charge in [0.1, 0.15) is 18.1 Å². The maximum absolute atomic E-state index is 14.3. The molecule has 0 spiro atoms. The number of carbonyl (C=O) groups excluding carboxylic acids is 5. The zero-order valence-corrected chi connectivity index (χ0v) is 27.6. The van der Waals surface area contributed by atoms with Crippen LogP contribution in [0.5, 0.6) is 0 Å². The smallest absolute Gasteiger partial charge is 0.246 e. The number of benzene rings is 2. The SMILES string of the molecule is O=C1CN(C(=O)CCc2ccccn2)CCNC(=O)[C@H](Cc2ccccc2)NC(=O)[C@@H]2C[C@@H](O)CN2C(=O)[C@@H](Cc2c[nH]c3ccccc23)N1.